The molecule has 1 heterocycles. The van der Waals surface area contributed by atoms with Crippen molar-refractivity contribution < 1.29 is 8.42 Å². The second-order valence-corrected chi connectivity index (χ2v) is 8.75. The number of thiocarbonyl (C=S) groups is 1. The van der Waals surface area contributed by atoms with Gasteiger partial charge in [-0.1, -0.05) is 6.42 Å². The molecule has 114 valence electrons. The summed E-state index contributed by atoms with van der Waals surface area (Å²) in [6.45, 7) is 2.47. The molecule has 20 heavy (non-hydrogen) atoms. The van der Waals surface area contributed by atoms with E-state index in [2.05, 4.69) is 10.2 Å². The zero-order valence-corrected chi connectivity index (χ0v) is 13.5. The summed E-state index contributed by atoms with van der Waals surface area (Å²) in [5, 5.41) is 4.34. The first kappa shape index (κ1) is 14.5. The van der Waals surface area contributed by atoms with Gasteiger partial charge >= 0.3 is 0 Å². The van der Waals surface area contributed by atoms with Gasteiger partial charge in [-0.15, -0.1) is 0 Å². The summed E-state index contributed by atoms with van der Waals surface area (Å²) < 4.78 is 24.5. The van der Waals surface area contributed by atoms with Gasteiger partial charge in [-0.05, 0) is 43.3 Å². The molecule has 3 rings (SSSR count). The topological polar surface area (TPSA) is 52.7 Å². The maximum atomic E-state index is 11.5. The summed E-state index contributed by atoms with van der Waals surface area (Å²) in [5.41, 5.74) is 0. The van der Waals surface area contributed by atoms with Crippen molar-refractivity contribution in [3.63, 3.8) is 0 Å². The smallest absolute Gasteiger partial charge is 0.211 e. The van der Waals surface area contributed by atoms with Gasteiger partial charge in [0.2, 0.25) is 10.0 Å². The number of piperazine rings is 1. The number of fused-ring (bicyclic) bond motifs is 2. The van der Waals surface area contributed by atoms with E-state index in [0.29, 0.717) is 32.2 Å². The third kappa shape index (κ3) is 2.94. The molecule has 5 nitrogen and oxygen atoms in total. The number of hydrogen-bond donors (Lipinski definition) is 1. The molecule has 3 aliphatic rings. The fourth-order valence-electron chi connectivity index (χ4n) is 3.89. The Bertz CT molecular complexity index is 486. The number of sulfonamides is 1. The van der Waals surface area contributed by atoms with Gasteiger partial charge in [0.05, 0.1) is 6.26 Å². The van der Waals surface area contributed by atoms with E-state index < -0.39 is 10.0 Å². The van der Waals surface area contributed by atoms with Crippen LogP contribution in [0.1, 0.15) is 25.7 Å². The molecule has 0 unspecified atom stereocenters. The second-order valence-electron chi connectivity index (χ2n) is 6.38. The van der Waals surface area contributed by atoms with Gasteiger partial charge in [-0.25, -0.2) is 8.42 Å². The largest absolute Gasteiger partial charge is 0.360 e. The molecule has 1 N–H and O–H groups in total. The highest BCUT2D eigenvalue weighted by Crippen LogP contribution is 2.44. The minimum atomic E-state index is -3.06. The van der Waals surface area contributed by atoms with Crippen LogP contribution in [-0.2, 0) is 10.0 Å². The van der Waals surface area contributed by atoms with Crippen molar-refractivity contribution in [2.45, 2.75) is 31.7 Å². The minimum absolute atomic E-state index is 0.539. The molecular weight excluding hydrogens is 294 g/mol. The Morgan fingerprint density at radius 2 is 1.85 bits per heavy atom. The highest BCUT2D eigenvalue weighted by Gasteiger charge is 2.40. The normalized spacial score (nSPS) is 34.5. The lowest BCUT2D eigenvalue weighted by Gasteiger charge is -2.36. The maximum absolute atomic E-state index is 11.5. The molecule has 2 aliphatic carbocycles. The average Bonchev–Trinajstić information content (AvgIpc) is 3.00. The maximum Gasteiger partial charge on any atom is 0.211 e. The summed E-state index contributed by atoms with van der Waals surface area (Å²) in [7, 11) is -3.06. The molecule has 0 radical (unpaired) electrons. The Balaban J connectivity index is 1.50. The third-order valence-electron chi connectivity index (χ3n) is 5.04. The van der Waals surface area contributed by atoms with Crippen LogP contribution in [0.2, 0.25) is 0 Å². The zero-order chi connectivity index (χ0) is 14.3. The number of rotatable bonds is 2. The minimum Gasteiger partial charge on any atom is -0.360 e. The second kappa shape index (κ2) is 5.42. The molecule has 1 saturated heterocycles. The Labute approximate surface area is 126 Å². The molecule has 0 aromatic rings. The number of nitrogens with one attached hydrogen (secondary N) is 1. The fourth-order valence-corrected chi connectivity index (χ4v) is 5.05. The molecular formula is C13H23N3O2S2. The Kier molecular flexibility index (Phi) is 3.94. The molecule has 0 aromatic heterocycles. The quantitative estimate of drug-likeness (QED) is 0.757. The van der Waals surface area contributed by atoms with Gasteiger partial charge < -0.3 is 10.2 Å². The summed E-state index contributed by atoms with van der Waals surface area (Å²) in [4.78, 5) is 2.11. The standard InChI is InChI=1S/C13H23N3O2S2/c1-20(17,18)16-6-4-15(5-7-16)13(19)14-12-9-10-2-3-11(12)8-10/h10-12H,2-9H2,1H3,(H,14,19)/t10-,11-,12-/m0/s1. The Morgan fingerprint density at radius 3 is 2.35 bits per heavy atom. The van der Waals surface area contributed by atoms with Gasteiger partial charge in [-0.3, -0.25) is 0 Å². The van der Waals surface area contributed by atoms with E-state index in [4.69, 9.17) is 12.2 Å². The Hall–Kier alpha value is -0.400. The molecule has 3 atom stereocenters. The molecule has 0 aromatic carbocycles. The van der Waals surface area contributed by atoms with E-state index >= 15 is 0 Å². The zero-order valence-electron chi connectivity index (χ0n) is 11.9. The molecule has 2 saturated carbocycles. The van der Waals surface area contributed by atoms with Crippen LogP contribution in [0.3, 0.4) is 0 Å². The Morgan fingerprint density at radius 1 is 1.15 bits per heavy atom. The molecule has 1 aliphatic heterocycles. The molecule has 7 heteroatoms. The van der Waals surface area contributed by atoms with Crippen LogP contribution in [-0.4, -0.2) is 61.2 Å². The molecule has 3 fully saturated rings. The van der Waals surface area contributed by atoms with E-state index in [1.807, 2.05) is 0 Å². The SMILES string of the molecule is CS(=O)(=O)N1CCN(C(=S)N[C@H]2C[C@H]3CC[C@H]2C3)CC1. The van der Waals surface area contributed by atoms with Crippen molar-refractivity contribution in [3.8, 4) is 0 Å². The summed E-state index contributed by atoms with van der Waals surface area (Å²) in [6.07, 6.45) is 6.63. The third-order valence-corrected chi connectivity index (χ3v) is 6.72. The van der Waals surface area contributed by atoms with E-state index in [1.165, 1.54) is 36.2 Å². The van der Waals surface area contributed by atoms with E-state index in [9.17, 15) is 8.42 Å². The van der Waals surface area contributed by atoms with Gasteiger partial charge in [0, 0.05) is 32.2 Å². The van der Waals surface area contributed by atoms with Crippen LogP contribution in [0.25, 0.3) is 0 Å². The lowest BCUT2D eigenvalue weighted by atomic mass is 9.95. The lowest BCUT2D eigenvalue weighted by molar-refractivity contribution is 0.259. The fraction of sp³-hybridized carbons (Fsp3) is 0.923. The first-order chi connectivity index (χ1) is 9.43. The van der Waals surface area contributed by atoms with Crippen LogP contribution < -0.4 is 5.32 Å². The van der Waals surface area contributed by atoms with Gasteiger partial charge in [-0.2, -0.15) is 4.31 Å². The van der Waals surface area contributed by atoms with Crippen molar-refractivity contribution >= 4 is 27.4 Å². The van der Waals surface area contributed by atoms with E-state index in [0.717, 1.165) is 16.9 Å². The van der Waals surface area contributed by atoms with Crippen LogP contribution in [0, 0.1) is 11.8 Å². The molecule has 0 amide bonds. The molecule has 2 bridgehead atoms. The summed E-state index contributed by atoms with van der Waals surface area (Å²) in [5.74, 6) is 1.71. The highest BCUT2D eigenvalue weighted by molar-refractivity contribution is 7.88. The van der Waals surface area contributed by atoms with Crippen LogP contribution in [0.15, 0.2) is 0 Å². The summed E-state index contributed by atoms with van der Waals surface area (Å²) >= 11 is 5.51. The lowest BCUT2D eigenvalue weighted by Crippen LogP contribution is -2.54. The first-order valence-electron chi connectivity index (χ1n) is 7.44. The van der Waals surface area contributed by atoms with Gasteiger partial charge in [0.1, 0.15) is 0 Å². The highest BCUT2D eigenvalue weighted by atomic mass is 32.2. The number of hydrogen-bond acceptors (Lipinski definition) is 3. The summed E-state index contributed by atoms with van der Waals surface area (Å²) in [6, 6.07) is 0.550. The van der Waals surface area contributed by atoms with Crippen molar-refractivity contribution in [1.29, 1.82) is 0 Å². The van der Waals surface area contributed by atoms with Gasteiger partial charge in [0.25, 0.3) is 0 Å². The predicted octanol–water partition coefficient (Wildman–Crippen LogP) is 0.627. The van der Waals surface area contributed by atoms with Gasteiger partial charge in [0.15, 0.2) is 5.11 Å². The van der Waals surface area contributed by atoms with Crippen molar-refractivity contribution in [1.82, 2.24) is 14.5 Å². The van der Waals surface area contributed by atoms with Crippen molar-refractivity contribution in [3.05, 3.63) is 0 Å². The van der Waals surface area contributed by atoms with Crippen LogP contribution in [0.4, 0.5) is 0 Å². The monoisotopic (exact) mass is 317 g/mol. The van der Waals surface area contributed by atoms with Crippen LogP contribution in [0.5, 0.6) is 0 Å². The van der Waals surface area contributed by atoms with E-state index in [-0.39, 0.29) is 0 Å². The van der Waals surface area contributed by atoms with Crippen molar-refractivity contribution in [2.75, 3.05) is 32.4 Å². The van der Waals surface area contributed by atoms with Crippen molar-refractivity contribution in [2.24, 2.45) is 11.8 Å². The molecule has 0 spiro atoms. The average molecular weight is 317 g/mol. The number of nitrogens with zero attached hydrogens (tertiary/aromatic N) is 2. The van der Waals surface area contributed by atoms with Crippen LogP contribution >= 0.6 is 12.2 Å². The van der Waals surface area contributed by atoms with E-state index in [1.54, 1.807) is 0 Å². The predicted molar refractivity (Wildman–Crippen MR) is 83.0 cm³/mol. The first-order valence-corrected chi connectivity index (χ1v) is 9.69.